The van der Waals surface area contributed by atoms with Gasteiger partial charge in [0.05, 0.1) is 24.6 Å². The molecule has 0 N–H and O–H groups in total. The fraction of sp³-hybridized carbons (Fsp3) is 1.00. The van der Waals surface area contributed by atoms with Gasteiger partial charge in [0.2, 0.25) is 0 Å². The van der Waals surface area contributed by atoms with Crippen LogP contribution in [0.1, 0.15) is 207 Å². The highest BCUT2D eigenvalue weighted by Crippen LogP contribution is 2.61. The average molecular weight is 540 g/mol. The molecule has 0 rings (SSSR count). The lowest BCUT2D eigenvalue weighted by molar-refractivity contribution is 0.579. The molecule has 0 saturated heterocycles. The zero-order valence-corrected chi connectivity index (χ0v) is 28.0. The van der Waals surface area contributed by atoms with E-state index in [0.717, 1.165) is 0 Å². The normalized spacial score (nSPS) is 12.0. The minimum atomic E-state index is -0.735. The van der Waals surface area contributed by atoms with Crippen LogP contribution in [0.5, 0.6) is 0 Å². The Hall–Kier alpha value is 0.430. The maximum absolute atomic E-state index is 2.38. The summed E-state index contributed by atoms with van der Waals surface area (Å²) in [5, 5.41) is 0. The fourth-order valence-corrected chi connectivity index (χ4v) is 11.2. The Kier molecular flexibility index (Phi) is 31.3. The van der Waals surface area contributed by atoms with Gasteiger partial charge < -0.3 is 0 Å². The molecular weight excluding hydrogens is 463 g/mol. The van der Waals surface area contributed by atoms with E-state index in [1.165, 1.54) is 154 Å². The van der Waals surface area contributed by atoms with E-state index in [0.29, 0.717) is 0 Å². The van der Waals surface area contributed by atoms with Crippen LogP contribution >= 0.6 is 7.26 Å². The predicted molar refractivity (Wildman–Crippen MR) is 178 cm³/mol. The lowest BCUT2D eigenvalue weighted by atomic mass is 10.1. The lowest BCUT2D eigenvalue weighted by Gasteiger charge is -2.28. The standard InChI is InChI=1S/C36H76P/c1-5-9-13-17-20-23-26-30-34-37(33-29-16-12-8-4,35-31-27-24-21-18-14-10-6-2)36-32-28-25-22-19-15-11-7-3/h5-36H2,1-4H3/q+1. The molecule has 0 aliphatic rings. The molecule has 0 fully saturated rings. The first-order chi connectivity index (χ1) is 18.2. The maximum atomic E-state index is 2.38. The summed E-state index contributed by atoms with van der Waals surface area (Å²) in [4.78, 5) is 0. The smallest absolute Gasteiger partial charge is 0.0594 e. The third-order valence-corrected chi connectivity index (χ3v) is 14.0. The van der Waals surface area contributed by atoms with Crippen LogP contribution in [-0.2, 0) is 0 Å². The molecule has 0 radical (unpaired) electrons. The minimum Gasteiger partial charge on any atom is -0.0654 e. The topological polar surface area (TPSA) is 0 Å². The van der Waals surface area contributed by atoms with Gasteiger partial charge in [-0.1, -0.05) is 156 Å². The largest absolute Gasteiger partial charge is 0.0654 e. The average Bonchev–Trinajstić information content (AvgIpc) is 2.91. The molecule has 0 saturated carbocycles. The van der Waals surface area contributed by atoms with Crippen LogP contribution in [0.25, 0.3) is 0 Å². The summed E-state index contributed by atoms with van der Waals surface area (Å²) in [6.45, 7) is 9.39. The molecule has 0 aromatic rings. The lowest BCUT2D eigenvalue weighted by Crippen LogP contribution is -2.13. The summed E-state index contributed by atoms with van der Waals surface area (Å²) in [5.74, 6) is 0. The van der Waals surface area contributed by atoms with Crippen LogP contribution in [0, 0.1) is 0 Å². The monoisotopic (exact) mass is 540 g/mol. The third kappa shape index (κ3) is 26.4. The first-order valence-corrected chi connectivity index (χ1v) is 20.6. The summed E-state index contributed by atoms with van der Waals surface area (Å²) in [6, 6.07) is 0. The first kappa shape index (κ1) is 37.4. The second kappa shape index (κ2) is 31.0. The second-order valence-corrected chi connectivity index (χ2v) is 17.2. The molecule has 0 aromatic heterocycles. The van der Waals surface area contributed by atoms with Crippen LogP contribution < -0.4 is 0 Å². The van der Waals surface area contributed by atoms with Gasteiger partial charge in [-0.2, -0.15) is 0 Å². The Morgan fingerprint density at radius 1 is 0.216 bits per heavy atom. The first-order valence-electron chi connectivity index (χ1n) is 18.1. The molecule has 224 valence electrons. The maximum Gasteiger partial charge on any atom is 0.0594 e. The van der Waals surface area contributed by atoms with Crippen LogP contribution in [0.3, 0.4) is 0 Å². The van der Waals surface area contributed by atoms with Crippen molar-refractivity contribution in [2.75, 3.05) is 24.6 Å². The van der Waals surface area contributed by atoms with Gasteiger partial charge in [-0.3, -0.25) is 0 Å². The minimum absolute atomic E-state index is 0.735. The Labute approximate surface area is 239 Å². The van der Waals surface area contributed by atoms with E-state index < -0.39 is 7.26 Å². The van der Waals surface area contributed by atoms with Gasteiger partial charge in [-0.25, -0.2) is 0 Å². The quantitative estimate of drug-likeness (QED) is 0.0589. The van der Waals surface area contributed by atoms with E-state index in [2.05, 4.69) is 27.7 Å². The van der Waals surface area contributed by atoms with Crippen LogP contribution in [0.15, 0.2) is 0 Å². The van der Waals surface area contributed by atoms with Gasteiger partial charge in [0.25, 0.3) is 0 Å². The molecule has 0 amide bonds. The van der Waals surface area contributed by atoms with Crippen molar-refractivity contribution < 1.29 is 0 Å². The number of hydrogen-bond donors (Lipinski definition) is 0. The van der Waals surface area contributed by atoms with Crippen molar-refractivity contribution in [1.82, 2.24) is 0 Å². The van der Waals surface area contributed by atoms with Crippen LogP contribution in [-0.4, -0.2) is 24.6 Å². The molecule has 0 unspecified atom stereocenters. The Balaban J connectivity index is 4.68. The summed E-state index contributed by atoms with van der Waals surface area (Å²) < 4.78 is 0. The van der Waals surface area contributed by atoms with Crippen molar-refractivity contribution in [3.63, 3.8) is 0 Å². The fourth-order valence-electron chi connectivity index (χ4n) is 6.29. The highest BCUT2D eigenvalue weighted by atomic mass is 31.2. The number of hydrogen-bond acceptors (Lipinski definition) is 0. The van der Waals surface area contributed by atoms with Gasteiger partial charge in [0.1, 0.15) is 0 Å². The zero-order chi connectivity index (χ0) is 27.1. The molecule has 0 nitrogen and oxygen atoms in total. The molecule has 0 atom stereocenters. The predicted octanol–water partition coefficient (Wildman–Crippen LogP) is 14.0. The summed E-state index contributed by atoms with van der Waals surface area (Å²) in [5.41, 5.74) is 0. The second-order valence-electron chi connectivity index (χ2n) is 12.7. The van der Waals surface area contributed by atoms with Crippen molar-refractivity contribution in [2.45, 2.75) is 207 Å². The zero-order valence-electron chi connectivity index (χ0n) is 27.1. The molecule has 1 heteroatoms. The highest BCUT2D eigenvalue weighted by molar-refractivity contribution is 7.75. The van der Waals surface area contributed by atoms with Crippen molar-refractivity contribution >= 4 is 7.26 Å². The van der Waals surface area contributed by atoms with Gasteiger partial charge in [-0.05, 0) is 51.4 Å². The van der Waals surface area contributed by atoms with E-state index in [1.54, 1.807) is 50.3 Å². The van der Waals surface area contributed by atoms with Gasteiger partial charge in [0, 0.05) is 7.26 Å². The summed E-state index contributed by atoms with van der Waals surface area (Å²) >= 11 is 0. The molecule has 0 aliphatic carbocycles. The Morgan fingerprint density at radius 2 is 0.378 bits per heavy atom. The van der Waals surface area contributed by atoms with E-state index in [-0.39, 0.29) is 0 Å². The van der Waals surface area contributed by atoms with E-state index in [4.69, 9.17) is 0 Å². The third-order valence-electron chi connectivity index (χ3n) is 8.94. The number of unbranched alkanes of at least 4 members (excludes halogenated alkanes) is 24. The van der Waals surface area contributed by atoms with Crippen LogP contribution in [0.4, 0.5) is 0 Å². The van der Waals surface area contributed by atoms with Crippen LogP contribution in [0.2, 0.25) is 0 Å². The van der Waals surface area contributed by atoms with Gasteiger partial charge in [0.15, 0.2) is 0 Å². The van der Waals surface area contributed by atoms with Crippen molar-refractivity contribution in [3.8, 4) is 0 Å². The highest BCUT2D eigenvalue weighted by Gasteiger charge is 2.34. The molecule has 0 aliphatic heterocycles. The van der Waals surface area contributed by atoms with E-state index in [1.807, 2.05) is 0 Å². The van der Waals surface area contributed by atoms with Crippen molar-refractivity contribution in [3.05, 3.63) is 0 Å². The summed E-state index contributed by atoms with van der Waals surface area (Å²) in [7, 11) is -0.735. The molecule has 0 spiro atoms. The molecule has 37 heavy (non-hydrogen) atoms. The van der Waals surface area contributed by atoms with Gasteiger partial charge >= 0.3 is 0 Å². The molecule has 0 heterocycles. The molecular formula is C36H76P+. The number of rotatable bonds is 32. The van der Waals surface area contributed by atoms with Gasteiger partial charge in [-0.15, -0.1) is 0 Å². The summed E-state index contributed by atoms with van der Waals surface area (Å²) in [6.07, 6.45) is 48.2. The Morgan fingerprint density at radius 3 is 0.595 bits per heavy atom. The molecule has 0 aromatic carbocycles. The molecule has 0 bridgehead atoms. The Bertz CT molecular complexity index is 353. The van der Waals surface area contributed by atoms with Crippen molar-refractivity contribution in [2.24, 2.45) is 0 Å². The SMILES string of the molecule is CCCCCCCCCC[P+](CCCCCC)(CCCCCCCCCC)CCCCCCCCCC. The van der Waals surface area contributed by atoms with E-state index in [9.17, 15) is 0 Å². The van der Waals surface area contributed by atoms with Crippen molar-refractivity contribution in [1.29, 1.82) is 0 Å². The van der Waals surface area contributed by atoms with E-state index >= 15 is 0 Å².